The van der Waals surface area contributed by atoms with Gasteiger partial charge in [0.15, 0.2) is 11.6 Å². The summed E-state index contributed by atoms with van der Waals surface area (Å²) in [5.41, 5.74) is 1.04. The van der Waals surface area contributed by atoms with Crippen molar-refractivity contribution in [3.8, 4) is 5.75 Å². The molecule has 0 saturated heterocycles. The van der Waals surface area contributed by atoms with Gasteiger partial charge in [-0.05, 0) is 55.3 Å². The molecule has 32 heavy (non-hydrogen) atoms. The second-order valence-electron chi connectivity index (χ2n) is 8.77. The van der Waals surface area contributed by atoms with Gasteiger partial charge in [-0.2, -0.15) is 0 Å². The molecule has 1 aromatic carbocycles. The highest BCUT2D eigenvalue weighted by molar-refractivity contribution is 7.10. The summed E-state index contributed by atoms with van der Waals surface area (Å²) in [6.07, 6.45) is 0.761. The van der Waals surface area contributed by atoms with E-state index in [1.807, 2.05) is 39.1 Å². The van der Waals surface area contributed by atoms with E-state index in [9.17, 15) is 14.0 Å². The lowest BCUT2D eigenvalue weighted by Crippen LogP contribution is -2.51. The Labute approximate surface area is 193 Å². The minimum absolute atomic E-state index is 0.00754. The number of ether oxygens (including phenoxy) is 1. The maximum atomic E-state index is 14.1. The van der Waals surface area contributed by atoms with E-state index in [0.29, 0.717) is 13.1 Å². The van der Waals surface area contributed by atoms with E-state index in [-0.39, 0.29) is 48.8 Å². The molecule has 0 spiro atoms. The van der Waals surface area contributed by atoms with Crippen molar-refractivity contribution in [3.63, 3.8) is 0 Å². The van der Waals surface area contributed by atoms with E-state index < -0.39 is 5.82 Å². The number of para-hydroxylation sites is 1. The zero-order valence-electron chi connectivity index (χ0n) is 19.1. The molecule has 6 nitrogen and oxygen atoms in total. The van der Waals surface area contributed by atoms with Crippen molar-refractivity contribution in [2.75, 3.05) is 26.2 Å². The van der Waals surface area contributed by atoms with Crippen LogP contribution in [-0.2, 0) is 11.2 Å². The van der Waals surface area contributed by atoms with Crippen LogP contribution < -0.4 is 10.1 Å². The van der Waals surface area contributed by atoms with Crippen LogP contribution in [0.3, 0.4) is 0 Å². The Kier molecular flexibility index (Phi) is 8.12. The molecule has 0 bridgehead atoms. The molecule has 3 rings (SSSR count). The Bertz CT molecular complexity index is 931. The monoisotopic (exact) mass is 461 g/mol. The molecule has 2 heterocycles. The Hall–Kier alpha value is -2.61. The lowest BCUT2D eigenvalue weighted by Gasteiger charge is -2.37. The fraction of sp³-hybridized carbons (Fsp3) is 0.500. The molecule has 0 aliphatic carbocycles. The summed E-state index contributed by atoms with van der Waals surface area (Å²) in [4.78, 5) is 30.6. The first-order valence-electron chi connectivity index (χ1n) is 11.0. The van der Waals surface area contributed by atoms with Gasteiger partial charge in [-0.3, -0.25) is 4.79 Å². The van der Waals surface area contributed by atoms with Crippen molar-refractivity contribution in [1.29, 1.82) is 0 Å². The van der Waals surface area contributed by atoms with Gasteiger partial charge in [0.05, 0.1) is 6.04 Å². The number of nitrogens with zero attached hydrogens (tertiary/aromatic N) is 2. The number of amides is 3. The predicted octanol–water partition coefficient (Wildman–Crippen LogP) is 4.47. The molecule has 1 unspecified atom stereocenters. The van der Waals surface area contributed by atoms with Gasteiger partial charge >= 0.3 is 6.03 Å². The third-order valence-corrected chi connectivity index (χ3v) is 6.26. The summed E-state index contributed by atoms with van der Waals surface area (Å²) in [7, 11) is 0. The number of carbonyl (C=O) groups excluding carboxylic acids is 2. The van der Waals surface area contributed by atoms with E-state index in [0.717, 1.165) is 12.0 Å². The molecule has 1 aromatic heterocycles. The van der Waals surface area contributed by atoms with Crippen LogP contribution in [0, 0.1) is 11.7 Å². The normalized spacial score (nSPS) is 15.6. The van der Waals surface area contributed by atoms with Crippen LogP contribution in [0.15, 0.2) is 35.7 Å². The highest BCUT2D eigenvalue weighted by Crippen LogP contribution is 2.34. The third-order valence-electron chi connectivity index (χ3n) is 5.26. The van der Waals surface area contributed by atoms with E-state index in [4.69, 9.17) is 4.74 Å². The summed E-state index contributed by atoms with van der Waals surface area (Å²) in [6, 6.07) is 7.69. The van der Waals surface area contributed by atoms with Crippen LogP contribution in [0.4, 0.5) is 9.18 Å². The quantitative estimate of drug-likeness (QED) is 0.631. The molecule has 174 valence electrons. The molecule has 0 fully saturated rings. The lowest BCUT2D eigenvalue weighted by atomic mass is 10.0. The van der Waals surface area contributed by atoms with Crippen LogP contribution in [0.25, 0.3) is 0 Å². The van der Waals surface area contributed by atoms with Crippen LogP contribution in [0.2, 0.25) is 0 Å². The van der Waals surface area contributed by atoms with E-state index in [2.05, 4.69) is 5.32 Å². The predicted molar refractivity (Wildman–Crippen MR) is 124 cm³/mol. The summed E-state index contributed by atoms with van der Waals surface area (Å²) >= 11 is 1.66. The molecule has 1 N–H and O–H groups in total. The minimum atomic E-state index is -0.430. The Morgan fingerprint density at radius 2 is 2.00 bits per heavy atom. The smallest absolute Gasteiger partial charge is 0.318 e. The van der Waals surface area contributed by atoms with E-state index >= 15 is 0 Å². The van der Waals surface area contributed by atoms with Gasteiger partial charge in [0, 0.05) is 24.0 Å². The largest absolute Gasteiger partial charge is 0.488 e. The highest BCUT2D eigenvalue weighted by Gasteiger charge is 2.33. The molecule has 0 radical (unpaired) electrons. The number of carbonyl (C=O) groups is 2. The van der Waals surface area contributed by atoms with Gasteiger partial charge in [0.2, 0.25) is 5.91 Å². The van der Waals surface area contributed by atoms with Crippen molar-refractivity contribution in [1.82, 2.24) is 15.1 Å². The molecule has 1 atom stereocenters. The van der Waals surface area contributed by atoms with Crippen LogP contribution >= 0.6 is 11.3 Å². The van der Waals surface area contributed by atoms with Gasteiger partial charge in [-0.1, -0.05) is 26.0 Å². The van der Waals surface area contributed by atoms with Gasteiger partial charge in [-0.25, -0.2) is 9.18 Å². The highest BCUT2D eigenvalue weighted by atomic mass is 32.1. The summed E-state index contributed by atoms with van der Waals surface area (Å²) in [5, 5.41) is 4.89. The fourth-order valence-electron chi connectivity index (χ4n) is 3.86. The summed E-state index contributed by atoms with van der Waals surface area (Å²) < 4.78 is 19.9. The second kappa shape index (κ2) is 10.8. The minimum Gasteiger partial charge on any atom is -0.488 e. The van der Waals surface area contributed by atoms with Crippen molar-refractivity contribution in [3.05, 3.63) is 52.0 Å². The molecular formula is C24H32FN3O3S. The maximum absolute atomic E-state index is 14.1. The Morgan fingerprint density at radius 1 is 1.25 bits per heavy atom. The van der Waals surface area contributed by atoms with Crippen LogP contribution in [0.1, 0.15) is 44.2 Å². The summed E-state index contributed by atoms with van der Waals surface area (Å²) in [6.45, 7) is 8.99. The zero-order valence-corrected chi connectivity index (χ0v) is 20.0. The number of rotatable bonds is 8. The average molecular weight is 462 g/mol. The van der Waals surface area contributed by atoms with Gasteiger partial charge in [0.25, 0.3) is 0 Å². The summed E-state index contributed by atoms with van der Waals surface area (Å²) in [5.74, 6) is -0.172. The molecule has 8 heteroatoms. The Balaban J connectivity index is 1.77. The number of urea groups is 1. The topological polar surface area (TPSA) is 61.9 Å². The lowest BCUT2D eigenvalue weighted by molar-refractivity contribution is -0.135. The number of nitrogens with one attached hydrogen (secondary N) is 1. The first-order valence-corrected chi connectivity index (χ1v) is 11.9. The third kappa shape index (κ3) is 6.00. The van der Waals surface area contributed by atoms with Gasteiger partial charge in [-0.15, -0.1) is 11.3 Å². The fourth-order valence-corrected chi connectivity index (χ4v) is 4.79. The molecular weight excluding hydrogens is 429 g/mol. The molecule has 1 aliphatic heterocycles. The molecule has 2 aromatic rings. The SMILES string of the molecule is CC(C)CN(CC(=O)N1CCc2sccc2C1COc1ccccc1F)C(=O)NC(C)C. The van der Waals surface area contributed by atoms with Crippen molar-refractivity contribution < 1.29 is 18.7 Å². The zero-order chi connectivity index (χ0) is 23.3. The van der Waals surface area contributed by atoms with Gasteiger partial charge < -0.3 is 19.9 Å². The van der Waals surface area contributed by atoms with Crippen molar-refractivity contribution >= 4 is 23.3 Å². The first kappa shape index (κ1) is 24.0. The molecule has 3 amide bonds. The van der Waals surface area contributed by atoms with E-state index in [1.165, 1.54) is 10.9 Å². The number of hydrogen-bond acceptors (Lipinski definition) is 4. The number of halogens is 1. The molecule has 1 aliphatic rings. The number of fused-ring (bicyclic) bond motifs is 1. The second-order valence-corrected chi connectivity index (χ2v) is 9.77. The standard InChI is InChI=1S/C24H32FN3O3S/c1-16(2)13-27(24(30)26-17(3)4)14-23(29)28-11-9-22-18(10-12-32-22)20(28)15-31-21-8-6-5-7-19(21)25/h5-8,10,12,16-17,20H,9,11,13-15H2,1-4H3,(H,26,30). The van der Waals surface area contributed by atoms with Gasteiger partial charge in [0.1, 0.15) is 13.2 Å². The van der Waals surface area contributed by atoms with Crippen LogP contribution in [0.5, 0.6) is 5.75 Å². The number of thiophene rings is 1. The van der Waals surface area contributed by atoms with E-state index in [1.54, 1.807) is 39.3 Å². The first-order chi connectivity index (χ1) is 15.3. The average Bonchev–Trinajstić information content (AvgIpc) is 3.20. The number of hydrogen-bond donors (Lipinski definition) is 1. The number of benzene rings is 1. The maximum Gasteiger partial charge on any atom is 0.318 e. The van der Waals surface area contributed by atoms with Crippen molar-refractivity contribution in [2.45, 2.75) is 46.2 Å². The van der Waals surface area contributed by atoms with Crippen LogP contribution in [-0.4, -0.2) is 54.0 Å². The van der Waals surface area contributed by atoms with Crippen molar-refractivity contribution in [2.24, 2.45) is 5.92 Å². The Morgan fingerprint density at radius 3 is 2.69 bits per heavy atom. The molecule has 0 saturated carbocycles.